The first-order chi connectivity index (χ1) is 13.3. The molecule has 146 valence electrons. The van der Waals surface area contributed by atoms with Crippen molar-refractivity contribution in [3.63, 3.8) is 0 Å². The largest absolute Gasteiger partial charge is 0.320 e. The molecule has 1 atom stereocenters. The first-order valence-corrected chi connectivity index (χ1v) is 9.60. The number of para-hydroxylation sites is 1. The van der Waals surface area contributed by atoms with Crippen molar-refractivity contribution in [2.24, 2.45) is 0 Å². The van der Waals surface area contributed by atoms with Crippen LogP contribution in [0.15, 0.2) is 42.5 Å². The number of benzene rings is 2. The Morgan fingerprint density at radius 3 is 2.64 bits per heavy atom. The predicted octanol–water partition coefficient (Wildman–Crippen LogP) is 2.18. The van der Waals surface area contributed by atoms with Crippen LogP contribution in [0.25, 0.3) is 5.69 Å². The lowest BCUT2D eigenvalue weighted by molar-refractivity contribution is -0.895. The number of hydrogen-bond donors (Lipinski definition) is 2. The van der Waals surface area contributed by atoms with Gasteiger partial charge in [0.1, 0.15) is 0 Å². The summed E-state index contributed by atoms with van der Waals surface area (Å²) >= 11 is 11.6. The second-order valence-electron chi connectivity index (χ2n) is 6.76. The van der Waals surface area contributed by atoms with Crippen molar-refractivity contribution >= 4 is 35.4 Å². The van der Waals surface area contributed by atoms with Gasteiger partial charge in [-0.15, -0.1) is 0 Å². The quantitative estimate of drug-likeness (QED) is 0.603. The van der Waals surface area contributed by atoms with Crippen LogP contribution in [0.4, 0.5) is 5.69 Å². The molecule has 0 aliphatic carbocycles. The van der Waals surface area contributed by atoms with Crippen LogP contribution < -0.4 is 10.2 Å². The van der Waals surface area contributed by atoms with E-state index in [9.17, 15) is 4.79 Å². The zero-order chi connectivity index (χ0) is 20.3. The van der Waals surface area contributed by atoms with E-state index in [-0.39, 0.29) is 12.5 Å². The monoisotopic (exact) mass is 417 g/mol. The van der Waals surface area contributed by atoms with E-state index in [0.717, 1.165) is 16.2 Å². The molecule has 1 aromatic heterocycles. The summed E-state index contributed by atoms with van der Waals surface area (Å²) in [5.74, 6) is -0.140. The number of carbonyl (C=O) groups excluding carboxylic acids is 1. The van der Waals surface area contributed by atoms with Crippen LogP contribution in [0.2, 0.25) is 5.02 Å². The molecule has 0 aliphatic rings. The number of tetrazole rings is 1. The van der Waals surface area contributed by atoms with Gasteiger partial charge in [0, 0.05) is 0 Å². The molecule has 1 amide bonds. The van der Waals surface area contributed by atoms with E-state index in [1.54, 1.807) is 21.5 Å². The van der Waals surface area contributed by atoms with Gasteiger partial charge in [0.25, 0.3) is 5.91 Å². The highest BCUT2D eigenvalue weighted by atomic mass is 35.5. The van der Waals surface area contributed by atoms with Gasteiger partial charge in [0.05, 0.1) is 23.4 Å². The number of halogens is 1. The van der Waals surface area contributed by atoms with E-state index in [1.807, 2.05) is 44.3 Å². The second-order valence-corrected chi connectivity index (χ2v) is 7.53. The summed E-state index contributed by atoms with van der Waals surface area (Å²) in [6, 6.07) is 13.2. The first-order valence-electron chi connectivity index (χ1n) is 8.81. The lowest BCUT2D eigenvalue weighted by Crippen LogP contribution is -3.09. The molecule has 7 nitrogen and oxygen atoms in total. The molecule has 3 rings (SSSR count). The molecule has 0 fully saturated rings. The fourth-order valence-corrected chi connectivity index (χ4v) is 3.16. The van der Waals surface area contributed by atoms with E-state index < -0.39 is 0 Å². The summed E-state index contributed by atoms with van der Waals surface area (Å²) in [5.41, 5.74) is 3.83. The van der Waals surface area contributed by atoms with Gasteiger partial charge in [0.15, 0.2) is 13.2 Å². The fraction of sp³-hybridized carbons (Fsp3) is 0.263. The Balaban J connectivity index is 1.66. The predicted molar refractivity (Wildman–Crippen MR) is 111 cm³/mol. The highest BCUT2D eigenvalue weighted by Crippen LogP contribution is 2.19. The maximum Gasteiger partial charge on any atom is 0.279 e. The SMILES string of the molecule is Cc1ccc(-n2nnn(C[NH+](C)CC(=O)Nc3ccccc3Cl)c2=S)cc1C. The number of aromatic nitrogens is 4. The van der Waals surface area contributed by atoms with Gasteiger partial charge in [-0.05, 0) is 71.9 Å². The third kappa shape index (κ3) is 4.64. The zero-order valence-corrected chi connectivity index (χ0v) is 17.5. The third-order valence-electron chi connectivity index (χ3n) is 4.40. The molecule has 0 saturated heterocycles. The van der Waals surface area contributed by atoms with Crippen molar-refractivity contribution in [2.45, 2.75) is 20.5 Å². The lowest BCUT2D eigenvalue weighted by Gasteiger charge is -2.13. The highest BCUT2D eigenvalue weighted by molar-refractivity contribution is 7.71. The molecular formula is C19H22ClN6OS+. The van der Waals surface area contributed by atoms with Crippen LogP contribution in [-0.2, 0) is 11.5 Å². The van der Waals surface area contributed by atoms with Crippen molar-refractivity contribution in [1.29, 1.82) is 0 Å². The maximum absolute atomic E-state index is 12.3. The maximum atomic E-state index is 12.3. The third-order valence-corrected chi connectivity index (χ3v) is 5.12. The van der Waals surface area contributed by atoms with Crippen molar-refractivity contribution in [2.75, 3.05) is 18.9 Å². The molecule has 0 saturated carbocycles. The minimum atomic E-state index is -0.140. The van der Waals surface area contributed by atoms with E-state index in [2.05, 4.69) is 22.7 Å². The smallest absolute Gasteiger partial charge is 0.279 e. The van der Waals surface area contributed by atoms with Crippen molar-refractivity contribution in [1.82, 2.24) is 19.8 Å². The first kappa shape index (κ1) is 20.2. The number of amides is 1. The topological polar surface area (TPSA) is 69.2 Å². The summed E-state index contributed by atoms with van der Waals surface area (Å²) in [6.45, 7) is 4.76. The van der Waals surface area contributed by atoms with E-state index in [1.165, 1.54) is 5.56 Å². The second kappa shape index (κ2) is 8.64. The van der Waals surface area contributed by atoms with Crippen LogP contribution in [0.5, 0.6) is 0 Å². The van der Waals surface area contributed by atoms with E-state index in [4.69, 9.17) is 23.8 Å². The number of nitrogens with zero attached hydrogens (tertiary/aromatic N) is 4. The molecule has 0 bridgehead atoms. The van der Waals surface area contributed by atoms with Crippen LogP contribution in [0.1, 0.15) is 11.1 Å². The molecule has 0 aliphatic heterocycles. The fourth-order valence-electron chi connectivity index (χ4n) is 2.74. The molecular weight excluding hydrogens is 396 g/mol. The van der Waals surface area contributed by atoms with Crippen molar-refractivity contribution in [3.8, 4) is 5.69 Å². The Morgan fingerprint density at radius 2 is 1.93 bits per heavy atom. The standard InChI is InChI=1S/C19H21ClN6OS/c1-13-8-9-15(10-14(13)2)26-19(28)25(22-23-26)12-24(3)11-18(27)21-17-7-5-4-6-16(17)20/h4-10H,11-12H2,1-3H3,(H,21,27)/p+1. The number of nitrogens with one attached hydrogen (secondary N) is 2. The number of likely N-dealkylation sites (N-methyl/N-ethyl adjacent to an activating group) is 1. The van der Waals surface area contributed by atoms with Crippen LogP contribution in [0.3, 0.4) is 0 Å². The summed E-state index contributed by atoms with van der Waals surface area (Å²) in [4.78, 5) is 13.2. The van der Waals surface area contributed by atoms with Gasteiger partial charge in [-0.3, -0.25) is 4.79 Å². The Labute approximate surface area is 173 Å². The number of carbonyl (C=O) groups is 1. The van der Waals surface area contributed by atoms with E-state index >= 15 is 0 Å². The molecule has 9 heteroatoms. The van der Waals surface area contributed by atoms with Gasteiger partial charge in [0.2, 0.25) is 4.77 Å². The average molecular weight is 418 g/mol. The molecule has 0 radical (unpaired) electrons. The minimum absolute atomic E-state index is 0.140. The normalized spacial score (nSPS) is 12.0. The summed E-state index contributed by atoms with van der Waals surface area (Å²) in [7, 11) is 1.89. The van der Waals surface area contributed by atoms with Crippen LogP contribution in [0, 0.1) is 18.6 Å². The molecule has 1 heterocycles. The summed E-state index contributed by atoms with van der Waals surface area (Å²) in [5, 5.41) is 11.6. The Morgan fingerprint density at radius 1 is 1.18 bits per heavy atom. The molecule has 28 heavy (non-hydrogen) atoms. The van der Waals surface area contributed by atoms with Crippen molar-refractivity contribution < 1.29 is 9.69 Å². The van der Waals surface area contributed by atoms with Crippen LogP contribution in [-0.4, -0.2) is 39.3 Å². The average Bonchev–Trinajstić information content (AvgIpc) is 3.00. The van der Waals surface area contributed by atoms with Crippen LogP contribution >= 0.6 is 23.8 Å². The number of hydrogen-bond acceptors (Lipinski definition) is 4. The Kier molecular flexibility index (Phi) is 6.23. The number of rotatable bonds is 6. The van der Waals surface area contributed by atoms with Gasteiger partial charge in [-0.25, -0.2) is 0 Å². The molecule has 3 aromatic rings. The molecule has 1 unspecified atom stereocenters. The summed E-state index contributed by atoms with van der Waals surface area (Å²) in [6.07, 6.45) is 0. The molecule has 2 aromatic carbocycles. The minimum Gasteiger partial charge on any atom is -0.320 e. The summed E-state index contributed by atoms with van der Waals surface area (Å²) < 4.78 is 3.72. The molecule has 0 spiro atoms. The highest BCUT2D eigenvalue weighted by Gasteiger charge is 2.14. The number of anilines is 1. The van der Waals surface area contributed by atoms with Gasteiger partial charge in [-0.2, -0.15) is 9.36 Å². The number of quaternary nitrogens is 1. The Bertz CT molecular complexity index is 1060. The number of aryl methyl sites for hydroxylation is 2. The lowest BCUT2D eigenvalue weighted by atomic mass is 10.1. The van der Waals surface area contributed by atoms with Gasteiger partial charge in [-0.1, -0.05) is 29.8 Å². The van der Waals surface area contributed by atoms with Gasteiger partial charge < -0.3 is 10.2 Å². The van der Waals surface area contributed by atoms with Crippen molar-refractivity contribution in [3.05, 3.63) is 63.4 Å². The van der Waals surface area contributed by atoms with Gasteiger partial charge >= 0.3 is 0 Å². The Hall–Kier alpha value is -2.55. The zero-order valence-electron chi connectivity index (χ0n) is 15.9. The van der Waals surface area contributed by atoms with E-state index in [0.29, 0.717) is 22.1 Å². The molecule has 2 N–H and O–H groups in total.